The van der Waals surface area contributed by atoms with Crippen molar-refractivity contribution in [1.29, 1.82) is 0 Å². The number of carboxylic acid groups (broad SMARTS) is 1. The van der Waals surface area contributed by atoms with Crippen molar-refractivity contribution >= 4 is 17.0 Å². The number of likely N-dealkylation sites (N-methyl/N-ethyl adjacent to an activating group) is 1. The lowest BCUT2D eigenvalue weighted by atomic mass is 10.3. The Morgan fingerprint density at radius 2 is 2.16 bits per heavy atom. The molecule has 6 heteroatoms. The zero-order chi connectivity index (χ0) is 13.8. The van der Waals surface area contributed by atoms with E-state index in [-0.39, 0.29) is 18.6 Å². The maximum absolute atomic E-state index is 11.9. The fraction of sp³-hybridized carbons (Fsp3) is 0.308. The molecule has 0 saturated heterocycles. The fourth-order valence-corrected chi connectivity index (χ4v) is 1.86. The minimum Gasteiger partial charge on any atom is -0.480 e. The van der Waals surface area contributed by atoms with Crippen LogP contribution in [0.5, 0.6) is 0 Å². The largest absolute Gasteiger partial charge is 0.480 e. The van der Waals surface area contributed by atoms with Crippen molar-refractivity contribution in [3.63, 3.8) is 0 Å². The first-order chi connectivity index (χ1) is 9.10. The first kappa shape index (κ1) is 13.2. The van der Waals surface area contributed by atoms with Crippen LogP contribution in [0.1, 0.15) is 12.6 Å². The number of para-hydroxylation sites is 2. The van der Waals surface area contributed by atoms with Gasteiger partial charge in [-0.1, -0.05) is 19.1 Å². The normalized spacial score (nSPS) is 11.1. The van der Waals surface area contributed by atoms with E-state index >= 15 is 0 Å². The van der Waals surface area contributed by atoms with Crippen molar-refractivity contribution in [2.24, 2.45) is 0 Å². The van der Waals surface area contributed by atoms with E-state index in [0.717, 1.165) is 0 Å². The SMILES string of the molecule is CCN(CC(=O)O)Cc1nc2ccccc2[nH]c1=O. The Morgan fingerprint density at radius 3 is 2.84 bits per heavy atom. The molecule has 0 amide bonds. The molecule has 1 aromatic heterocycles. The van der Waals surface area contributed by atoms with E-state index < -0.39 is 5.97 Å². The highest BCUT2D eigenvalue weighted by atomic mass is 16.4. The third kappa shape index (κ3) is 3.17. The quantitative estimate of drug-likeness (QED) is 0.832. The number of aliphatic carboxylic acids is 1. The van der Waals surface area contributed by atoms with Crippen LogP contribution in [0.15, 0.2) is 29.1 Å². The molecule has 0 saturated carbocycles. The number of fused-ring (bicyclic) bond motifs is 1. The van der Waals surface area contributed by atoms with E-state index in [9.17, 15) is 9.59 Å². The van der Waals surface area contributed by atoms with Gasteiger partial charge in [0.15, 0.2) is 0 Å². The molecule has 0 aliphatic heterocycles. The maximum Gasteiger partial charge on any atom is 0.317 e. The Labute approximate surface area is 109 Å². The average Bonchev–Trinajstić information content (AvgIpc) is 2.38. The van der Waals surface area contributed by atoms with Gasteiger partial charge in [-0.05, 0) is 18.7 Å². The van der Waals surface area contributed by atoms with Crippen LogP contribution in [0.25, 0.3) is 11.0 Å². The summed E-state index contributed by atoms with van der Waals surface area (Å²) in [7, 11) is 0. The number of aromatic nitrogens is 2. The molecule has 0 fully saturated rings. The van der Waals surface area contributed by atoms with Gasteiger partial charge in [-0.3, -0.25) is 14.5 Å². The number of aromatic amines is 1. The molecule has 2 rings (SSSR count). The van der Waals surface area contributed by atoms with E-state index in [1.165, 1.54) is 0 Å². The maximum atomic E-state index is 11.9. The van der Waals surface area contributed by atoms with E-state index in [2.05, 4.69) is 9.97 Å². The monoisotopic (exact) mass is 261 g/mol. The number of nitrogens with zero attached hydrogens (tertiary/aromatic N) is 2. The van der Waals surface area contributed by atoms with Crippen LogP contribution in [-0.4, -0.2) is 39.0 Å². The number of rotatable bonds is 5. The zero-order valence-electron chi connectivity index (χ0n) is 10.6. The van der Waals surface area contributed by atoms with Crippen LogP contribution in [0.2, 0.25) is 0 Å². The Morgan fingerprint density at radius 1 is 1.42 bits per heavy atom. The van der Waals surface area contributed by atoms with Crippen LogP contribution in [0.3, 0.4) is 0 Å². The van der Waals surface area contributed by atoms with Gasteiger partial charge >= 0.3 is 5.97 Å². The van der Waals surface area contributed by atoms with Gasteiger partial charge in [-0.2, -0.15) is 0 Å². The van der Waals surface area contributed by atoms with Gasteiger partial charge in [0, 0.05) is 6.54 Å². The van der Waals surface area contributed by atoms with Gasteiger partial charge < -0.3 is 10.1 Å². The summed E-state index contributed by atoms with van der Waals surface area (Å²) in [5, 5.41) is 8.79. The number of hydrogen-bond donors (Lipinski definition) is 2. The molecule has 6 nitrogen and oxygen atoms in total. The third-order valence-electron chi connectivity index (χ3n) is 2.85. The van der Waals surface area contributed by atoms with E-state index in [1.807, 2.05) is 25.1 Å². The van der Waals surface area contributed by atoms with Gasteiger partial charge in [-0.15, -0.1) is 0 Å². The Kier molecular flexibility index (Phi) is 3.91. The molecule has 0 bridgehead atoms. The molecular weight excluding hydrogens is 246 g/mol. The standard InChI is InChI=1S/C13H15N3O3/c1-2-16(8-12(17)18)7-11-13(19)15-10-6-4-3-5-9(10)14-11/h3-6H,2,7-8H2,1H3,(H,15,19)(H,17,18). The highest BCUT2D eigenvalue weighted by Gasteiger charge is 2.12. The lowest BCUT2D eigenvalue weighted by molar-refractivity contribution is -0.138. The molecule has 100 valence electrons. The Balaban J connectivity index is 2.31. The highest BCUT2D eigenvalue weighted by molar-refractivity contribution is 5.73. The third-order valence-corrected chi connectivity index (χ3v) is 2.85. The highest BCUT2D eigenvalue weighted by Crippen LogP contribution is 2.07. The molecule has 1 aromatic carbocycles. The van der Waals surface area contributed by atoms with Crippen LogP contribution in [0, 0.1) is 0 Å². The molecule has 2 aromatic rings. The molecule has 0 aliphatic carbocycles. The number of nitrogens with one attached hydrogen (secondary N) is 1. The summed E-state index contributed by atoms with van der Waals surface area (Å²) in [5.74, 6) is -0.918. The number of carboxylic acids is 1. The van der Waals surface area contributed by atoms with E-state index in [4.69, 9.17) is 5.11 Å². The van der Waals surface area contributed by atoms with Crippen molar-refractivity contribution in [2.45, 2.75) is 13.5 Å². The second-order valence-corrected chi connectivity index (χ2v) is 4.23. The molecule has 0 radical (unpaired) electrons. The number of benzene rings is 1. The first-order valence-corrected chi connectivity index (χ1v) is 6.02. The molecule has 0 spiro atoms. The van der Waals surface area contributed by atoms with E-state index in [1.54, 1.807) is 11.0 Å². The zero-order valence-corrected chi connectivity index (χ0v) is 10.6. The molecule has 0 unspecified atom stereocenters. The molecular formula is C13H15N3O3. The summed E-state index contributed by atoms with van der Waals surface area (Å²) in [6.07, 6.45) is 0. The Hall–Kier alpha value is -2.21. The summed E-state index contributed by atoms with van der Waals surface area (Å²) in [6.45, 7) is 2.51. The molecule has 1 heterocycles. The number of hydrogen-bond acceptors (Lipinski definition) is 4. The van der Waals surface area contributed by atoms with Crippen LogP contribution >= 0.6 is 0 Å². The number of H-pyrrole nitrogens is 1. The topological polar surface area (TPSA) is 86.3 Å². The summed E-state index contributed by atoms with van der Waals surface area (Å²) in [6, 6.07) is 7.25. The molecule has 19 heavy (non-hydrogen) atoms. The second kappa shape index (κ2) is 5.62. The second-order valence-electron chi connectivity index (χ2n) is 4.23. The summed E-state index contributed by atoms with van der Waals surface area (Å²) >= 11 is 0. The van der Waals surface area contributed by atoms with Gasteiger partial charge in [0.05, 0.1) is 17.6 Å². The van der Waals surface area contributed by atoms with Gasteiger partial charge in [-0.25, -0.2) is 4.98 Å². The van der Waals surface area contributed by atoms with Gasteiger partial charge in [0.1, 0.15) is 5.69 Å². The van der Waals surface area contributed by atoms with Crippen molar-refractivity contribution < 1.29 is 9.90 Å². The minimum absolute atomic E-state index is 0.107. The fourth-order valence-electron chi connectivity index (χ4n) is 1.86. The molecule has 2 N–H and O–H groups in total. The minimum atomic E-state index is -0.918. The predicted octanol–water partition coefficient (Wildman–Crippen LogP) is 0.830. The van der Waals surface area contributed by atoms with Crippen molar-refractivity contribution in [3.8, 4) is 0 Å². The van der Waals surface area contributed by atoms with Gasteiger partial charge in [0.2, 0.25) is 0 Å². The lowest BCUT2D eigenvalue weighted by Crippen LogP contribution is -2.32. The first-order valence-electron chi connectivity index (χ1n) is 6.02. The van der Waals surface area contributed by atoms with Crippen LogP contribution in [0.4, 0.5) is 0 Å². The summed E-state index contributed by atoms with van der Waals surface area (Å²) in [4.78, 5) is 31.3. The summed E-state index contributed by atoms with van der Waals surface area (Å²) < 4.78 is 0. The van der Waals surface area contributed by atoms with Crippen molar-refractivity contribution in [2.75, 3.05) is 13.1 Å². The van der Waals surface area contributed by atoms with Crippen molar-refractivity contribution in [3.05, 3.63) is 40.3 Å². The Bertz CT molecular complexity index is 651. The van der Waals surface area contributed by atoms with Crippen LogP contribution < -0.4 is 5.56 Å². The lowest BCUT2D eigenvalue weighted by Gasteiger charge is -2.16. The number of carbonyl (C=O) groups is 1. The summed E-state index contributed by atoms with van der Waals surface area (Å²) in [5.41, 5.74) is 1.44. The molecule has 0 atom stereocenters. The molecule has 0 aliphatic rings. The van der Waals surface area contributed by atoms with Crippen molar-refractivity contribution in [1.82, 2.24) is 14.9 Å². The van der Waals surface area contributed by atoms with Crippen LogP contribution in [-0.2, 0) is 11.3 Å². The smallest absolute Gasteiger partial charge is 0.317 e. The van der Waals surface area contributed by atoms with Gasteiger partial charge in [0.25, 0.3) is 5.56 Å². The average molecular weight is 261 g/mol. The van der Waals surface area contributed by atoms with E-state index in [0.29, 0.717) is 23.3 Å². The predicted molar refractivity (Wildman–Crippen MR) is 71.0 cm³/mol.